The first-order valence-electron chi connectivity index (χ1n) is 32.6. The molecule has 508 valence electrons. The summed E-state index contributed by atoms with van der Waals surface area (Å²) >= 11 is 0. The van der Waals surface area contributed by atoms with Crippen LogP contribution in [0.5, 0.6) is 23.0 Å². The SMILES string of the molecule is CC(=O)O/N=C1\Oc2c(ccc3c2c2ccccc2n3C)C1=O.CCC(=O)O/N=C1\Oc2c(ccc3c2c2ccccc2n3CC)C1=O.CCn1c2ccccc2c2c3c(ccc21)C(=O)/C(=N/OC(=O)c1ccccc1)O3.CCn1c2ccccc2c2c3c(ccc21)C(=O)/C(=N/OC(C)=O)CO3. The van der Waals surface area contributed by atoms with Crippen LogP contribution in [0.2, 0.25) is 0 Å². The molecule has 0 radical (unpaired) electrons. The Bertz CT molecular complexity index is 5910. The van der Waals surface area contributed by atoms with Crippen molar-refractivity contribution in [2.45, 2.75) is 67.6 Å². The van der Waals surface area contributed by atoms with Crippen molar-refractivity contribution in [1.82, 2.24) is 18.3 Å². The van der Waals surface area contributed by atoms with Gasteiger partial charge in [-0.25, -0.2) is 19.2 Å². The van der Waals surface area contributed by atoms with Crippen molar-refractivity contribution in [3.63, 3.8) is 0 Å². The molecule has 4 aliphatic rings. The predicted octanol–water partition coefficient (Wildman–Crippen LogP) is 14.3. The second-order valence-corrected chi connectivity index (χ2v) is 23.6. The van der Waals surface area contributed by atoms with Crippen LogP contribution in [-0.2, 0) is 60.4 Å². The highest BCUT2D eigenvalue weighted by molar-refractivity contribution is 6.50. The minimum atomic E-state index is -0.654. The van der Waals surface area contributed by atoms with Gasteiger partial charge in [-0.1, -0.05) is 103 Å². The summed E-state index contributed by atoms with van der Waals surface area (Å²) in [6.45, 7) is 12.7. The van der Waals surface area contributed by atoms with Gasteiger partial charge in [-0.2, -0.15) is 0 Å². The van der Waals surface area contributed by atoms with Gasteiger partial charge < -0.3 is 56.6 Å². The van der Waals surface area contributed by atoms with Gasteiger partial charge in [0.2, 0.25) is 5.78 Å². The van der Waals surface area contributed by atoms with E-state index < -0.39 is 35.4 Å². The van der Waals surface area contributed by atoms with Crippen LogP contribution in [0.1, 0.15) is 99.8 Å². The third kappa shape index (κ3) is 11.4. The van der Waals surface area contributed by atoms with Gasteiger partial charge in [0.05, 0.1) is 71.4 Å². The van der Waals surface area contributed by atoms with E-state index in [2.05, 4.69) is 70.8 Å². The van der Waals surface area contributed by atoms with E-state index in [1.807, 2.05) is 127 Å². The molecule has 0 amide bonds. The first-order chi connectivity index (χ1) is 49.5. The molecular formula is C78H60N8O16. The van der Waals surface area contributed by atoms with Gasteiger partial charge in [0.1, 0.15) is 12.4 Å². The summed E-state index contributed by atoms with van der Waals surface area (Å²) in [4.78, 5) is 114. The number of ether oxygens (including phenoxy) is 4. The number of para-hydroxylation sites is 4. The van der Waals surface area contributed by atoms with Gasteiger partial charge in [-0.15, -0.1) is 0 Å². The normalized spacial score (nSPS) is 15.0. The lowest BCUT2D eigenvalue weighted by Gasteiger charge is -2.18. The Morgan fingerprint density at radius 1 is 0.382 bits per heavy atom. The molecule has 13 aromatic rings. The average molecular weight is 1370 g/mol. The number of fused-ring (bicyclic) bond motifs is 20. The molecule has 4 aliphatic heterocycles. The van der Waals surface area contributed by atoms with Gasteiger partial charge >= 0.3 is 41.6 Å². The van der Waals surface area contributed by atoms with E-state index in [4.69, 9.17) is 28.6 Å². The van der Waals surface area contributed by atoms with Crippen LogP contribution >= 0.6 is 0 Å². The molecule has 8 heterocycles. The summed E-state index contributed by atoms with van der Waals surface area (Å²) in [6, 6.07) is 54.9. The van der Waals surface area contributed by atoms with Crippen LogP contribution in [0.25, 0.3) is 87.2 Å². The highest BCUT2D eigenvalue weighted by Crippen LogP contribution is 2.45. The van der Waals surface area contributed by atoms with Crippen molar-refractivity contribution in [2.75, 3.05) is 6.61 Å². The molecule has 0 saturated carbocycles. The molecule has 0 fully saturated rings. The number of carbonyl (C=O) groups is 8. The second-order valence-electron chi connectivity index (χ2n) is 23.6. The third-order valence-electron chi connectivity index (χ3n) is 17.7. The number of nitrogens with zero attached hydrogens (tertiary/aromatic N) is 8. The number of aryl methyl sites for hydroxylation is 4. The summed E-state index contributed by atoms with van der Waals surface area (Å²) < 4.78 is 31.6. The van der Waals surface area contributed by atoms with E-state index in [0.717, 1.165) is 107 Å². The van der Waals surface area contributed by atoms with Crippen LogP contribution in [0.15, 0.2) is 197 Å². The van der Waals surface area contributed by atoms with Crippen LogP contribution in [-0.4, -0.2) is 95.3 Å². The van der Waals surface area contributed by atoms with Crippen molar-refractivity contribution >= 4 is 158 Å². The van der Waals surface area contributed by atoms with Crippen LogP contribution < -0.4 is 18.9 Å². The summed E-state index contributed by atoms with van der Waals surface area (Å²) in [6.07, 6.45) is 0.173. The molecule has 17 rings (SSSR count). The Balaban J connectivity index is 0.000000116. The van der Waals surface area contributed by atoms with E-state index in [1.54, 1.807) is 61.5 Å². The Morgan fingerprint density at radius 2 is 0.735 bits per heavy atom. The zero-order valence-electron chi connectivity index (χ0n) is 55.9. The Hall–Kier alpha value is -13.4. The molecule has 0 spiro atoms. The van der Waals surface area contributed by atoms with Crippen LogP contribution in [0, 0.1) is 0 Å². The third-order valence-corrected chi connectivity index (χ3v) is 17.7. The molecule has 4 aromatic heterocycles. The highest BCUT2D eigenvalue weighted by atomic mass is 16.7. The molecular weight excluding hydrogens is 1300 g/mol. The largest absolute Gasteiger partial charge is 0.485 e. The van der Waals surface area contributed by atoms with Crippen molar-refractivity contribution in [3.8, 4) is 23.0 Å². The smallest absolute Gasteiger partial charge is 0.365 e. The predicted molar refractivity (Wildman–Crippen MR) is 382 cm³/mol. The number of aromatic nitrogens is 4. The number of hydrogen-bond donors (Lipinski definition) is 0. The second kappa shape index (κ2) is 27.1. The molecule has 0 unspecified atom stereocenters. The molecule has 102 heavy (non-hydrogen) atoms. The zero-order valence-corrected chi connectivity index (χ0v) is 55.9. The number of oxime groups is 4. The van der Waals surface area contributed by atoms with Crippen LogP contribution in [0.3, 0.4) is 0 Å². The highest BCUT2D eigenvalue weighted by Gasteiger charge is 2.37. The summed E-state index contributed by atoms with van der Waals surface area (Å²) in [5, 5.41) is 21.9. The molecule has 0 aliphatic carbocycles. The van der Waals surface area contributed by atoms with Crippen molar-refractivity contribution in [3.05, 3.63) is 204 Å². The van der Waals surface area contributed by atoms with Crippen molar-refractivity contribution < 1.29 is 76.7 Å². The maximum absolute atomic E-state index is 12.7. The lowest BCUT2D eigenvalue weighted by atomic mass is 10.00. The fourth-order valence-corrected chi connectivity index (χ4v) is 13.2. The summed E-state index contributed by atoms with van der Waals surface area (Å²) in [5.41, 5.74) is 10.3. The molecule has 0 saturated heterocycles. The maximum Gasteiger partial charge on any atom is 0.365 e. The number of Topliss-reactive ketones (excluding diaryl/α,β-unsaturated/α-hetero) is 4. The molecule has 24 nitrogen and oxygen atoms in total. The van der Waals surface area contributed by atoms with E-state index in [9.17, 15) is 38.4 Å². The monoisotopic (exact) mass is 1360 g/mol. The van der Waals surface area contributed by atoms with E-state index in [-0.39, 0.29) is 48.0 Å². The van der Waals surface area contributed by atoms with Crippen molar-refractivity contribution in [2.24, 2.45) is 27.7 Å². The van der Waals surface area contributed by atoms with Crippen molar-refractivity contribution in [1.29, 1.82) is 0 Å². The number of carbonyl (C=O) groups excluding carboxylic acids is 8. The molecule has 9 aromatic carbocycles. The molecule has 0 N–H and O–H groups in total. The average Bonchev–Trinajstić information content (AvgIpc) is 1.40. The van der Waals surface area contributed by atoms with Gasteiger partial charge in [-0.05, 0) is 121 Å². The minimum absolute atomic E-state index is 0.0239. The molecule has 24 heteroatoms. The van der Waals surface area contributed by atoms with E-state index in [0.29, 0.717) is 50.8 Å². The number of ketones is 4. The lowest BCUT2D eigenvalue weighted by molar-refractivity contribution is -0.143. The number of rotatable bonds is 9. The van der Waals surface area contributed by atoms with Gasteiger partial charge in [0, 0.05) is 90.6 Å². The minimum Gasteiger partial charge on any atom is -0.485 e. The first-order valence-corrected chi connectivity index (χ1v) is 32.6. The Labute approximate surface area is 578 Å². The van der Waals surface area contributed by atoms with Crippen LogP contribution in [0.4, 0.5) is 0 Å². The molecule has 0 atom stereocenters. The Kier molecular flexibility index (Phi) is 17.5. The van der Waals surface area contributed by atoms with Gasteiger partial charge in [-0.3, -0.25) is 19.2 Å². The maximum atomic E-state index is 12.7. The standard InChI is InChI=1S/C23H16N2O4.2C19H16N2O4.C17H12N2O4/c1-2-25-17-11-7-6-10-15(17)19-18(25)13-12-16-20(26)22(28-21(16)19)24-29-23(27)14-8-4-3-5-9-14;1-3-21-15-7-5-4-6-12(15)17-16(21)9-8-13-18(23)14(10-24-19(13)17)20-25-11(2)22;1-3-15(22)25-20-19-17(23)12-9-10-14-16(18(12)24-19)11-7-5-6-8-13(11)21(14)4-2;1-9(20)23-18-17-15(21)11-7-8-13-14(16(11)22-17)10-5-3-4-6-12(10)19(13)2/h3-13H,2H2,1H3;4-9H,3,10H2,1-2H3;5-10H,3-4H2,1-2H3;3-8H,1-2H3/b24-22-;20-14+;20-19-;18-17-. The number of benzene rings is 9. The topological polar surface area (TPSA) is 280 Å². The zero-order chi connectivity index (χ0) is 71.2. The summed E-state index contributed by atoms with van der Waals surface area (Å²) in [7, 11) is 1.96. The summed E-state index contributed by atoms with van der Waals surface area (Å²) in [5.74, 6) is -2.57. The first kappa shape index (κ1) is 65.9. The fraction of sp³-hybridized carbons (Fsp3) is 0.154. The Morgan fingerprint density at radius 3 is 1.17 bits per heavy atom. The van der Waals surface area contributed by atoms with E-state index >= 15 is 0 Å². The molecule has 0 bridgehead atoms. The van der Waals surface area contributed by atoms with Gasteiger partial charge in [0.25, 0.3) is 17.3 Å². The van der Waals surface area contributed by atoms with E-state index in [1.165, 1.54) is 13.8 Å². The fourth-order valence-electron chi connectivity index (χ4n) is 13.2. The quantitative estimate of drug-likeness (QED) is 0.0959. The lowest BCUT2D eigenvalue weighted by Crippen LogP contribution is -2.28. The number of hydrogen-bond acceptors (Lipinski definition) is 20. The van der Waals surface area contributed by atoms with Gasteiger partial charge in [0.15, 0.2) is 23.0 Å².